The first-order chi connectivity index (χ1) is 10.5. The Morgan fingerprint density at radius 1 is 1.48 bits per heavy atom. The minimum atomic E-state index is -0.854. The van der Waals surface area contributed by atoms with E-state index in [0.717, 1.165) is 0 Å². The van der Waals surface area contributed by atoms with Crippen LogP contribution < -0.4 is 5.32 Å². The number of Topliss-reactive ketones (excluding diaryl/α,β-unsaturated/α-hetero) is 1. The predicted octanol–water partition coefficient (Wildman–Crippen LogP) is 1.11. The van der Waals surface area contributed by atoms with E-state index < -0.39 is 23.3 Å². The van der Waals surface area contributed by atoms with E-state index in [0.29, 0.717) is 19.6 Å². The largest absolute Gasteiger partial charge is 0.444 e. The van der Waals surface area contributed by atoms with Crippen molar-refractivity contribution in [3.8, 4) is 0 Å². The van der Waals surface area contributed by atoms with Gasteiger partial charge in [0.05, 0.1) is 12.6 Å². The third-order valence-electron chi connectivity index (χ3n) is 4.16. The fourth-order valence-electron chi connectivity index (χ4n) is 2.70. The van der Waals surface area contributed by atoms with E-state index in [2.05, 4.69) is 5.32 Å². The quantitative estimate of drug-likeness (QED) is 0.765. The first kappa shape index (κ1) is 17.7. The van der Waals surface area contributed by atoms with Gasteiger partial charge in [-0.15, -0.1) is 0 Å². The second kappa shape index (κ2) is 6.11. The zero-order valence-corrected chi connectivity index (χ0v) is 14.5. The summed E-state index contributed by atoms with van der Waals surface area (Å²) in [6.07, 6.45) is 0.311. The van der Waals surface area contributed by atoms with E-state index in [1.165, 1.54) is 0 Å². The molecule has 1 N–H and O–H groups in total. The number of carbonyl (C=O) groups excluding carboxylic acids is 3. The van der Waals surface area contributed by atoms with Gasteiger partial charge < -0.3 is 19.7 Å². The summed E-state index contributed by atoms with van der Waals surface area (Å²) in [6.45, 7) is 7.97. The van der Waals surface area contributed by atoms with Crippen LogP contribution in [0.15, 0.2) is 0 Å². The minimum Gasteiger partial charge on any atom is -0.444 e. The molecule has 2 heterocycles. The smallest absolute Gasteiger partial charge is 0.408 e. The number of hydrogen-bond donors (Lipinski definition) is 1. The van der Waals surface area contributed by atoms with Crippen LogP contribution in [0.25, 0.3) is 0 Å². The lowest BCUT2D eigenvalue weighted by Crippen LogP contribution is -2.49. The lowest BCUT2D eigenvalue weighted by Gasteiger charge is -2.25. The Balaban J connectivity index is 2.05. The zero-order valence-electron chi connectivity index (χ0n) is 14.5. The van der Waals surface area contributed by atoms with Crippen LogP contribution in [-0.2, 0) is 19.1 Å². The molecule has 7 nitrogen and oxygen atoms in total. The monoisotopic (exact) mass is 326 g/mol. The maximum atomic E-state index is 12.6. The molecule has 2 fully saturated rings. The van der Waals surface area contributed by atoms with E-state index in [1.54, 1.807) is 39.6 Å². The van der Waals surface area contributed by atoms with E-state index in [1.807, 2.05) is 0 Å². The molecule has 0 aromatic rings. The van der Waals surface area contributed by atoms with Crippen molar-refractivity contribution in [3.05, 3.63) is 0 Å². The second-order valence-corrected chi connectivity index (χ2v) is 7.56. The summed E-state index contributed by atoms with van der Waals surface area (Å²) in [5, 5.41) is 2.62. The number of epoxide rings is 1. The number of alkyl carbamates (subject to hydrolysis) is 1. The maximum Gasteiger partial charge on any atom is 0.408 e. The van der Waals surface area contributed by atoms with Crippen LogP contribution in [0.5, 0.6) is 0 Å². The number of ketones is 1. The van der Waals surface area contributed by atoms with Gasteiger partial charge in [0.15, 0.2) is 5.78 Å². The van der Waals surface area contributed by atoms with Gasteiger partial charge in [-0.3, -0.25) is 9.59 Å². The van der Waals surface area contributed by atoms with Gasteiger partial charge in [-0.2, -0.15) is 0 Å². The second-order valence-electron chi connectivity index (χ2n) is 7.56. The number of rotatable bonds is 5. The molecule has 0 saturated carbocycles. The molecule has 0 bridgehead atoms. The molecule has 130 valence electrons. The molecule has 2 aliphatic rings. The van der Waals surface area contributed by atoms with E-state index in [9.17, 15) is 14.4 Å². The molecule has 0 aromatic heterocycles. The van der Waals surface area contributed by atoms with Crippen LogP contribution in [0.3, 0.4) is 0 Å². The molecule has 0 spiro atoms. The SMILES string of the molecule is CN1CCC(CC(NC(=O)OC(C)(C)C)C(=O)C2(C)CO2)C1=O. The summed E-state index contributed by atoms with van der Waals surface area (Å²) >= 11 is 0. The lowest BCUT2D eigenvalue weighted by molar-refractivity contribution is -0.131. The number of hydrogen-bond acceptors (Lipinski definition) is 5. The molecule has 23 heavy (non-hydrogen) atoms. The van der Waals surface area contributed by atoms with Crippen LogP contribution in [0.4, 0.5) is 4.79 Å². The summed E-state index contributed by atoms with van der Waals surface area (Å²) in [6, 6.07) is -0.780. The first-order valence-electron chi connectivity index (χ1n) is 7.94. The van der Waals surface area contributed by atoms with Gasteiger partial charge in [-0.05, 0) is 40.5 Å². The van der Waals surface area contributed by atoms with Crippen molar-refractivity contribution < 1.29 is 23.9 Å². The average molecular weight is 326 g/mol. The number of ether oxygens (including phenoxy) is 2. The Labute approximate surface area is 136 Å². The standard InChI is InChI=1S/C16H26N2O5/c1-15(2,3)23-14(21)17-11(12(19)16(4)9-22-16)8-10-6-7-18(5)13(10)20/h10-11H,6-9H2,1-5H3,(H,17,21). The van der Waals surface area contributed by atoms with Crippen molar-refractivity contribution in [1.29, 1.82) is 0 Å². The Morgan fingerprint density at radius 2 is 2.09 bits per heavy atom. The minimum absolute atomic E-state index is 0.00987. The predicted molar refractivity (Wildman–Crippen MR) is 82.9 cm³/mol. The average Bonchev–Trinajstić information content (AvgIpc) is 3.09. The molecule has 2 rings (SSSR count). The van der Waals surface area contributed by atoms with Crippen molar-refractivity contribution in [2.75, 3.05) is 20.2 Å². The van der Waals surface area contributed by atoms with Gasteiger partial charge in [0.25, 0.3) is 0 Å². The van der Waals surface area contributed by atoms with Crippen molar-refractivity contribution in [2.45, 2.75) is 57.8 Å². The van der Waals surface area contributed by atoms with Crippen LogP contribution in [-0.4, -0.2) is 60.1 Å². The highest BCUT2D eigenvalue weighted by molar-refractivity contribution is 5.96. The Bertz CT molecular complexity index is 507. The van der Waals surface area contributed by atoms with Crippen LogP contribution in [0, 0.1) is 5.92 Å². The highest BCUT2D eigenvalue weighted by Gasteiger charge is 2.51. The third kappa shape index (κ3) is 4.43. The van der Waals surface area contributed by atoms with Gasteiger partial charge in [0.1, 0.15) is 11.2 Å². The van der Waals surface area contributed by atoms with E-state index >= 15 is 0 Å². The maximum absolute atomic E-state index is 12.6. The van der Waals surface area contributed by atoms with Crippen LogP contribution in [0.2, 0.25) is 0 Å². The van der Waals surface area contributed by atoms with Crippen molar-refractivity contribution in [3.63, 3.8) is 0 Å². The van der Waals surface area contributed by atoms with Gasteiger partial charge in [0.2, 0.25) is 5.91 Å². The van der Waals surface area contributed by atoms with Crippen molar-refractivity contribution in [2.24, 2.45) is 5.92 Å². The first-order valence-corrected chi connectivity index (χ1v) is 7.94. The molecule has 3 unspecified atom stereocenters. The van der Waals surface area contributed by atoms with Gasteiger partial charge in [-0.25, -0.2) is 4.79 Å². The Hall–Kier alpha value is -1.63. The van der Waals surface area contributed by atoms with E-state index in [4.69, 9.17) is 9.47 Å². The van der Waals surface area contributed by atoms with E-state index in [-0.39, 0.29) is 24.0 Å². The molecule has 2 aliphatic heterocycles. The summed E-state index contributed by atoms with van der Waals surface area (Å²) in [4.78, 5) is 38.3. The van der Waals surface area contributed by atoms with Crippen LogP contribution >= 0.6 is 0 Å². The Morgan fingerprint density at radius 3 is 2.52 bits per heavy atom. The zero-order chi connectivity index (χ0) is 17.4. The molecule has 0 radical (unpaired) electrons. The highest BCUT2D eigenvalue weighted by Crippen LogP contribution is 2.31. The number of nitrogens with one attached hydrogen (secondary N) is 1. The number of nitrogens with zero attached hydrogens (tertiary/aromatic N) is 1. The van der Waals surface area contributed by atoms with Crippen LogP contribution in [0.1, 0.15) is 40.5 Å². The molecule has 0 aliphatic carbocycles. The number of carbonyl (C=O) groups is 3. The normalized spacial score (nSPS) is 28.5. The fraction of sp³-hybridized carbons (Fsp3) is 0.812. The Kier molecular flexibility index (Phi) is 4.71. The van der Waals surface area contributed by atoms with Gasteiger partial charge in [-0.1, -0.05) is 0 Å². The molecule has 2 saturated heterocycles. The summed E-state index contributed by atoms with van der Waals surface area (Å²) in [5.74, 6) is -0.451. The third-order valence-corrected chi connectivity index (χ3v) is 4.16. The van der Waals surface area contributed by atoms with Crippen molar-refractivity contribution >= 4 is 17.8 Å². The lowest BCUT2D eigenvalue weighted by atomic mass is 9.91. The molecular formula is C16H26N2O5. The molecular weight excluding hydrogens is 300 g/mol. The topological polar surface area (TPSA) is 88.2 Å². The number of amides is 2. The summed E-state index contributed by atoms with van der Waals surface area (Å²) < 4.78 is 10.4. The molecule has 7 heteroatoms. The number of likely N-dealkylation sites (tertiary alicyclic amines) is 1. The van der Waals surface area contributed by atoms with Gasteiger partial charge >= 0.3 is 6.09 Å². The van der Waals surface area contributed by atoms with Crippen molar-refractivity contribution in [1.82, 2.24) is 10.2 Å². The van der Waals surface area contributed by atoms with Gasteiger partial charge in [0, 0.05) is 19.5 Å². The fourth-order valence-corrected chi connectivity index (χ4v) is 2.70. The summed E-state index contributed by atoms with van der Waals surface area (Å²) in [7, 11) is 1.74. The summed E-state index contributed by atoms with van der Waals surface area (Å²) in [5.41, 5.74) is -1.51. The molecule has 2 amide bonds. The highest BCUT2D eigenvalue weighted by atomic mass is 16.6. The molecule has 3 atom stereocenters. The molecule has 0 aromatic carbocycles.